The minimum absolute atomic E-state index is 0.551. The minimum atomic E-state index is 0.551. The first-order chi connectivity index (χ1) is 8.31. The van der Waals surface area contributed by atoms with Gasteiger partial charge in [-0.15, -0.1) is 0 Å². The van der Waals surface area contributed by atoms with Gasteiger partial charge in [-0.2, -0.15) is 0 Å². The SMILES string of the molecule is NC(=NCC1CC1)Nc1ccc2c(c1)CCC2. The Hall–Kier alpha value is -1.51. The number of hydrogen-bond donors (Lipinski definition) is 2. The van der Waals surface area contributed by atoms with Crippen molar-refractivity contribution in [1.29, 1.82) is 0 Å². The van der Waals surface area contributed by atoms with Gasteiger partial charge >= 0.3 is 0 Å². The molecule has 0 bridgehead atoms. The molecule has 1 aromatic carbocycles. The summed E-state index contributed by atoms with van der Waals surface area (Å²) in [6.07, 6.45) is 6.33. The lowest BCUT2D eigenvalue weighted by Gasteiger charge is -2.07. The van der Waals surface area contributed by atoms with Gasteiger partial charge < -0.3 is 11.1 Å². The second kappa shape index (κ2) is 4.40. The summed E-state index contributed by atoms with van der Waals surface area (Å²) in [6.45, 7) is 0.879. The number of aliphatic imine (C=N–C) groups is 1. The van der Waals surface area contributed by atoms with Crippen LogP contribution in [0.2, 0.25) is 0 Å². The zero-order valence-electron chi connectivity index (χ0n) is 10.1. The average molecular weight is 229 g/mol. The van der Waals surface area contributed by atoms with E-state index in [1.54, 1.807) is 0 Å². The Bertz CT molecular complexity index is 447. The second-order valence-electron chi connectivity index (χ2n) is 5.13. The fourth-order valence-electron chi connectivity index (χ4n) is 2.36. The molecule has 0 atom stereocenters. The molecule has 1 aromatic rings. The van der Waals surface area contributed by atoms with Crippen LogP contribution in [0, 0.1) is 5.92 Å². The second-order valence-corrected chi connectivity index (χ2v) is 5.13. The number of aryl methyl sites for hydroxylation is 2. The van der Waals surface area contributed by atoms with E-state index in [4.69, 9.17) is 5.73 Å². The molecule has 0 spiro atoms. The Labute approximate surface area is 102 Å². The topological polar surface area (TPSA) is 50.4 Å². The van der Waals surface area contributed by atoms with E-state index >= 15 is 0 Å². The van der Waals surface area contributed by atoms with Crippen LogP contribution in [0.1, 0.15) is 30.4 Å². The van der Waals surface area contributed by atoms with Crippen LogP contribution >= 0.6 is 0 Å². The molecule has 2 aliphatic carbocycles. The average Bonchev–Trinajstić information content (AvgIpc) is 3.04. The van der Waals surface area contributed by atoms with Gasteiger partial charge in [0.25, 0.3) is 0 Å². The van der Waals surface area contributed by atoms with Crippen molar-refractivity contribution < 1.29 is 0 Å². The van der Waals surface area contributed by atoms with Crippen LogP contribution in [0.3, 0.4) is 0 Å². The molecule has 0 saturated heterocycles. The van der Waals surface area contributed by atoms with Gasteiger partial charge in [0.2, 0.25) is 0 Å². The van der Waals surface area contributed by atoms with Crippen LogP contribution in [-0.2, 0) is 12.8 Å². The summed E-state index contributed by atoms with van der Waals surface area (Å²) < 4.78 is 0. The maximum atomic E-state index is 5.87. The van der Waals surface area contributed by atoms with Crippen molar-refractivity contribution in [3.63, 3.8) is 0 Å². The molecule has 0 radical (unpaired) electrons. The summed E-state index contributed by atoms with van der Waals surface area (Å²) in [6, 6.07) is 6.52. The first kappa shape index (κ1) is 10.6. The lowest BCUT2D eigenvalue weighted by Crippen LogP contribution is -2.23. The highest BCUT2D eigenvalue weighted by atomic mass is 15.1. The maximum Gasteiger partial charge on any atom is 0.193 e. The fraction of sp³-hybridized carbons (Fsp3) is 0.500. The van der Waals surface area contributed by atoms with Crippen LogP contribution in [0.15, 0.2) is 23.2 Å². The number of hydrogen-bond acceptors (Lipinski definition) is 1. The van der Waals surface area contributed by atoms with Crippen molar-refractivity contribution in [2.75, 3.05) is 11.9 Å². The largest absolute Gasteiger partial charge is 0.370 e. The summed E-state index contributed by atoms with van der Waals surface area (Å²) in [4.78, 5) is 4.36. The van der Waals surface area contributed by atoms with Crippen molar-refractivity contribution in [3.05, 3.63) is 29.3 Å². The molecular weight excluding hydrogens is 210 g/mol. The first-order valence-corrected chi connectivity index (χ1v) is 6.50. The predicted molar refractivity (Wildman–Crippen MR) is 71.3 cm³/mol. The van der Waals surface area contributed by atoms with Crippen LogP contribution in [0.25, 0.3) is 0 Å². The van der Waals surface area contributed by atoms with Crippen molar-refractivity contribution in [3.8, 4) is 0 Å². The van der Waals surface area contributed by atoms with Crippen molar-refractivity contribution in [1.82, 2.24) is 0 Å². The number of anilines is 1. The highest BCUT2D eigenvalue weighted by Crippen LogP contribution is 2.29. The number of rotatable bonds is 3. The molecular formula is C14H19N3. The molecule has 90 valence electrons. The van der Waals surface area contributed by atoms with E-state index < -0.39 is 0 Å². The van der Waals surface area contributed by atoms with Gasteiger partial charge in [0.15, 0.2) is 5.96 Å². The molecule has 3 N–H and O–H groups in total. The van der Waals surface area contributed by atoms with Gasteiger partial charge in [-0.1, -0.05) is 6.07 Å². The van der Waals surface area contributed by atoms with Crippen LogP contribution < -0.4 is 11.1 Å². The standard InChI is InChI=1S/C14H19N3/c15-14(16-9-10-4-5-10)17-13-7-6-11-2-1-3-12(11)8-13/h6-8,10H,1-5,9H2,(H3,15,16,17). The van der Waals surface area contributed by atoms with E-state index in [9.17, 15) is 0 Å². The third-order valence-electron chi connectivity index (χ3n) is 3.59. The Morgan fingerprint density at radius 3 is 2.94 bits per heavy atom. The quantitative estimate of drug-likeness (QED) is 0.617. The Morgan fingerprint density at radius 1 is 1.29 bits per heavy atom. The predicted octanol–water partition coefficient (Wildman–Crippen LogP) is 2.31. The van der Waals surface area contributed by atoms with Crippen molar-refractivity contribution >= 4 is 11.6 Å². The van der Waals surface area contributed by atoms with Gasteiger partial charge in [-0.25, -0.2) is 0 Å². The van der Waals surface area contributed by atoms with E-state index in [2.05, 4.69) is 28.5 Å². The number of benzene rings is 1. The molecule has 0 aromatic heterocycles. The van der Waals surface area contributed by atoms with E-state index in [1.807, 2.05) is 0 Å². The molecule has 0 heterocycles. The molecule has 1 fully saturated rings. The summed E-state index contributed by atoms with van der Waals surface area (Å²) in [5.74, 6) is 1.34. The lowest BCUT2D eigenvalue weighted by molar-refractivity contribution is 0.846. The number of guanidine groups is 1. The smallest absolute Gasteiger partial charge is 0.193 e. The number of nitrogens with two attached hydrogens (primary N) is 1. The highest BCUT2D eigenvalue weighted by Gasteiger charge is 2.20. The fourth-order valence-corrected chi connectivity index (χ4v) is 2.36. The molecule has 3 heteroatoms. The highest BCUT2D eigenvalue weighted by molar-refractivity contribution is 5.92. The molecule has 3 rings (SSSR count). The van der Waals surface area contributed by atoms with E-state index in [-0.39, 0.29) is 0 Å². The maximum absolute atomic E-state index is 5.87. The van der Waals surface area contributed by atoms with Gasteiger partial charge in [0, 0.05) is 12.2 Å². The third-order valence-corrected chi connectivity index (χ3v) is 3.59. The molecule has 3 nitrogen and oxygen atoms in total. The zero-order chi connectivity index (χ0) is 11.7. The summed E-state index contributed by atoms with van der Waals surface area (Å²) in [5, 5.41) is 3.18. The van der Waals surface area contributed by atoms with Gasteiger partial charge in [0.05, 0.1) is 0 Å². The molecule has 2 aliphatic rings. The molecule has 0 aliphatic heterocycles. The van der Waals surface area contributed by atoms with E-state index in [0.29, 0.717) is 5.96 Å². The molecule has 17 heavy (non-hydrogen) atoms. The van der Waals surface area contributed by atoms with Gasteiger partial charge in [-0.3, -0.25) is 4.99 Å². The molecule has 0 amide bonds. The number of nitrogens with one attached hydrogen (secondary N) is 1. The summed E-state index contributed by atoms with van der Waals surface area (Å²) in [5.41, 5.74) is 9.89. The summed E-state index contributed by atoms with van der Waals surface area (Å²) in [7, 11) is 0. The van der Waals surface area contributed by atoms with Crippen LogP contribution in [-0.4, -0.2) is 12.5 Å². The number of fused-ring (bicyclic) bond motifs is 1. The zero-order valence-corrected chi connectivity index (χ0v) is 10.1. The lowest BCUT2D eigenvalue weighted by atomic mass is 10.1. The molecule has 1 saturated carbocycles. The van der Waals surface area contributed by atoms with Crippen LogP contribution in [0.4, 0.5) is 5.69 Å². The normalized spacial score (nSPS) is 19.2. The first-order valence-electron chi connectivity index (χ1n) is 6.50. The van der Waals surface area contributed by atoms with Gasteiger partial charge in [-0.05, 0) is 61.3 Å². The van der Waals surface area contributed by atoms with E-state index in [1.165, 1.54) is 43.2 Å². The number of nitrogens with zero attached hydrogens (tertiary/aromatic N) is 1. The van der Waals surface area contributed by atoms with Crippen molar-refractivity contribution in [2.24, 2.45) is 16.6 Å². The Kier molecular flexibility index (Phi) is 2.75. The summed E-state index contributed by atoms with van der Waals surface area (Å²) >= 11 is 0. The van der Waals surface area contributed by atoms with Gasteiger partial charge in [0.1, 0.15) is 0 Å². The van der Waals surface area contributed by atoms with Crippen molar-refractivity contribution in [2.45, 2.75) is 32.1 Å². The Morgan fingerprint density at radius 2 is 2.12 bits per heavy atom. The van der Waals surface area contributed by atoms with E-state index in [0.717, 1.165) is 18.2 Å². The molecule has 0 unspecified atom stereocenters. The minimum Gasteiger partial charge on any atom is -0.370 e. The Balaban J connectivity index is 1.65. The van der Waals surface area contributed by atoms with Crippen LogP contribution in [0.5, 0.6) is 0 Å². The monoisotopic (exact) mass is 229 g/mol. The third kappa shape index (κ3) is 2.60.